The van der Waals surface area contributed by atoms with Crippen molar-refractivity contribution in [2.75, 3.05) is 35.3 Å². The quantitative estimate of drug-likeness (QED) is 0.699. The predicted octanol–water partition coefficient (Wildman–Crippen LogP) is 2.66. The fraction of sp³-hybridized carbons (Fsp3) is 0.722. The normalized spacial score (nSPS) is 12.0. The van der Waals surface area contributed by atoms with Gasteiger partial charge in [0.2, 0.25) is 17.9 Å². The van der Waals surface area contributed by atoms with Crippen molar-refractivity contribution in [1.82, 2.24) is 19.8 Å². The van der Waals surface area contributed by atoms with Crippen LogP contribution in [0.1, 0.15) is 45.0 Å². The first kappa shape index (κ1) is 23.1. The van der Waals surface area contributed by atoms with Gasteiger partial charge in [-0.3, -0.25) is 9.80 Å². The van der Waals surface area contributed by atoms with Crippen LogP contribution in [-0.4, -0.2) is 67.3 Å². The predicted molar refractivity (Wildman–Crippen MR) is 99.9 cm³/mol. The van der Waals surface area contributed by atoms with Gasteiger partial charge in [-0.2, -0.15) is 5.26 Å². The second-order valence-electron chi connectivity index (χ2n) is 6.17. The molecule has 7 heteroatoms. The number of likely N-dealkylation sites (N-methyl/N-ethyl adjacent to an activating group) is 2. The van der Waals surface area contributed by atoms with Crippen LogP contribution in [0.25, 0.3) is 0 Å². The molecule has 0 aromatic carbocycles. The molecule has 0 N–H and O–H groups in total. The molecule has 0 aliphatic rings. The lowest BCUT2D eigenvalue weighted by Crippen LogP contribution is -2.50. The average Bonchev–Trinajstić information content (AvgIpc) is 2.55. The van der Waals surface area contributed by atoms with Crippen molar-refractivity contribution in [3.8, 4) is 17.8 Å². The minimum atomic E-state index is -0.695. The summed E-state index contributed by atoms with van der Waals surface area (Å²) in [5.74, 6) is 0.966. The standard InChI is InChI=1S/C16H27N5O2.C2H6/c1-10(2)13-15(18-11(3)14(19-13)22-8)23-12(9-17)16(20(4)5)21(6)7;1-2/h10,12,16H,1-8H3;1-2H3. The first-order chi connectivity index (χ1) is 11.7. The molecule has 1 rings (SSSR count). The van der Waals surface area contributed by atoms with Crippen LogP contribution in [0.15, 0.2) is 0 Å². The van der Waals surface area contributed by atoms with E-state index >= 15 is 0 Å². The SMILES string of the molecule is CC.COc1nc(C(C)C)c(OC(C#N)C(N(C)C)N(C)C)nc1C. The third-order valence-corrected chi connectivity index (χ3v) is 3.45. The molecule has 25 heavy (non-hydrogen) atoms. The Morgan fingerprint density at radius 3 is 1.88 bits per heavy atom. The van der Waals surface area contributed by atoms with Crippen LogP contribution < -0.4 is 9.47 Å². The molecule has 0 bridgehead atoms. The van der Waals surface area contributed by atoms with Gasteiger partial charge in [-0.15, -0.1) is 0 Å². The van der Waals surface area contributed by atoms with Crippen molar-refractivity contribution in [2.45, 2.75) is 52.8 Å². The summed E-state index contributed by atoms with van der Waals surface area (Å²) in [6, 6.07) is 2.22. The van der Waals surface area contributed by atoms with Gasteiger partial charge in [-0.1, -0.05) is 27.7 Å². The van der Waals surface area contributed by atoms with Gasteiger partial charge in [0.05, 0.1) is 7.11 Å². The van der Waals surface area contributed by atoms with Gasteiger partial charge < -0.3 is 9.47 Å². The number of aromatic nitrogens is 2. The number of methoxy groups -OCH3 is 1. The highest BCUT2D eigenvalue weighted by Crippen LogP contribution is 2.28. The number of nitriles is 1. The van der Waals surface area contributed by atoms with Crippen molar-refractivity contribution in [1.29, 1.82) is 5.26 Å². The molecule has 0 saturated heterocycles. The van der Waals surface area contributed by atoms with Crippen LogP contribution >= 0.6 is 0 Å². The second kappa shape index (κ2) is 10.9. The van der Waals surface area contributed by atoms with E-state index in [-0.39, 0.29) is 12.1 Å². The van der Waals surface area contributed by atoms with Crippen molar-refractivity contribution < 1.29 is 9.47 Å². The van der Waals surface area contributed by atoms with E-state index in [1.54, 1.807) is 14.0 Å². The molecule has 0 fully saturated rings. The third-order valence-electron chi connectivity index (χ3n) is 3.45. The van der Waals surface area contributed by atoms with Crippen LogP contribution in [0.4, 0.5) is 0 Å². The number of hydrogen-bond donors (Lipinski definition) is 0. The van der Waals surface area contributed by atoms with Gasteiger partial charge in [-0.05, 0) is 35.1 Å². The Labute approximate surface area is 152 Å². The highest BCUT2D eigenvalue weighted by Gasteiger charge is 2.29. The van der Waals surface area contributed by atoms with Gasteiger partial charge >= 0.3 is 0 Å². The summed E-state index contributed by atoms with van der Waals surface area (Å²) in [7, 11) is 9.20. The van der Waals surface area contributed by atoms with E-state index in [0.717, 1.165) is 0 Å². The lowest BCUT2D eigenvalue weighted by Gasteiger charge is -2.33. The van der Waals surface area contributed by atoms with Gasteiger partial charge in [0.15, 0.2) is 0 Å². The molecule has 1 aromatic rings. The number of rotatable bonds is 7. The van der Waals surface area contributed by atoms with Gasteiger partial charge in [-0.25, -0.2) is 9.97 Å². The molecule has 142 valence electrons. The van der Waals surface area contributed by atoms with Crippen molar-refractivity contribution in [2.24, 2.45) is 0 Å². The molecule has 0 radical (unpaired) electrons. The van der Waals surface area contributed by atoms with Crippen molar-refractivity contribution in [3.63, 3.8) is 0 Å². The van der Waals surface area contributed by atoms with Crippen LogP contribution in [-0.2, 0) is 0 Å². The van der Waals surface area contributed by atoms with E-state index < -0.39 is 6.10 Å². The molecular formula is C18H33N5O2. The van der Waals surface area contributed by atoms with Gasteiger partial charge in [0, 0.05) is 5.92 Å². The summed E-state index contributed by atoms with van der Waals surface area (Å²) >= 11 is 0. The Morgan fingerprint density at radius 1 is 1.00 bits per heavy atom. The molecule has 1 aromatic heterocycles. The van der Waals surface area contributed by atoms with Gasteiger partial charge in [0.1, 0.15) is 23.6 Å². The molecule has 0 spiro atoms. The van der Waals surface area contributed by atoms with E-state index in [1.165, 1.54) is 0 Å². The number of hydrogen-bond acceptors (Lipinski definition) is 7. The van der Waals surface area contributed by atoms with E-state index in [0.29, 0.717) is 23.1 Å². The summed E-state index contributed by atoms with van der Waals surface area (Å²) in [4.78, 5) is 12.8. The maximum absolute atomic E-state index is 9.55. The minimum Gasteiger partial charge on any atom is -0.480 e. The highest BCUT2D eigenvalue weighted by molar-refractivity contribution is 5.30. The number of ether oxygens (including phenoxy) is 2. The average molecular weight is 351 g/mol. The van der Waals surface area contributed by atoms with E-state index in [9.17, 15) is 5.26 Å². The summed E-state index contributed by atoms with van der Waals surface area (Å²) in [6.07, 6.45) is -0.899. The minimum absolute atomic E-state index is 0.100. The molecule has 0 aliphatic heterocycles. The fourth-order valence-electron chi connectivity index (χ4n) is 2.43. The molecule has 0 aliphatic carbocycles. The van der Waals surface area contributed by atoms with Crippen LogP contribution in [0.3, 0.4) is 0 Å². The molecular weight excluding hydrogens is 318 g/mol. The molecule has 1 heterocycles. The maximum Gasteiger partial charge on any atom is 0.237 e. The summed E-state index contributed by atoms with van der Waals surface area (Å²) < 4.78 is 11.2. The fourth-order valence-corrected chi connectivity index (χ4v) is 2.43. The lowest BCUT2D eigenvalue weighted by atomic mass is 10.1. The lowest BCUT2D eigenvalue weighted by molar-refractivity contribution is 0.0376. The second-order valence-corrected chi connectivity index (χ2v) is 6.17. The third kappa shape index (κ3) is 6.15. The number of aryl methyl sites for hydroxylation is 1. The largest absolute Gasteiger partial charge is 0.480 e. The van der Waals surface area contributed by atoms with Crippen molar-refractivity contribution >= 4 is 0 Å². The zero-order chi connectivity index (χ0) is 19.7. The highest BCUT2D eigenvalue weighted by atomic mass is 16.5. The smallest absolute Gasteiger partial charge is 0.237 e. The first-order valence-corrected chi connectivity index (χ1v) is 8.54. The Morgan fingerprint density at radius 2 is 1.52 bits per heavy atom. The maximum atomic E-state index is 9.55. The molecule has 0 saturated carbocycles. The Hall–Kier alpha value is -1.91. The van der Waals surface area contributed by atoms with Crippen LogP contribution in [0.5, 0.6) is 11.8 Å². The number of nitrogens with zero attached hydrogens (tertiary/aromatic N) is 5. The zero-order valence-corrected chi connectivity index (χ0v) is 17.3. The van der Waals surface area contributed by atoms with Crippen LogP contribution in [0, 0.1) is 18.3 Å². The Bertz CT molecular complexity index is 559. The summed E-state index contributed by atoms with van der Waals surface area (Å²) in [5, 5.41) is 9.55. The summed E-state index contributed by atoms with van der Waals surface area (Å²) in [6.45, 7) is 9.81. The molecule has 1 atom stereocenters. The molecule has 7 nitrogen and oxygen atoms in total. The topological polar surface area (TPSA) is 74.5 Å². The molecule has 0 amide bonds. The monoisotopic (exact) mass is 351 g/mol. The summed E-state index contributed by atoms with van der Waals surface area (Å²) in [5.41, 5.74) is 1.32. The van der Waals surface area contributed by atoms with Crippen molar-refractivity contribution in [3.05, 3.63) is 11.4 Å². The Kier molecular flexibility index (Phi) is 10.0. The van der Waals surface area contributed by atoms with E-state index in [2.05, 4.69) is 16.0 Å². The van der Waals surface area contributed by atoms with Crippen LogP contribution in [0.2, 0.25) is 0 Å². The van der Waals surface area contributed by atoms with Gasteiger partial charge in [0.25, 0.3) is 0 Å². The molecule has 1 unspecified atom stereocenters. The van der Waals surface area contributed by atoms with E-state index in [4.69, 9.17) is 9.47 Å². The first-order valence-electron chi connectivity index (χ1n) is 8.54. The Balaban J connectivity index is 0.00000277. The van der Waals surface area contributed by atoms with E-state index in [1.807, 2.05) is 65.7 Å². The zero-order valence-electron chi connectivity index (χ0n) is 17.3.